The van der Waals surface area contributed by atoms with Gasteiger partial charge in [0.25, 0.3) is 11.8 Å². The van der Waals surface area contributed by atoms with Crippen LogP contribution in [-0.4, -0.2) is 29.8 Å². The van der Waals surface area contributed by atoms with Crippen LogP contribution in [0, 0.1) is 19.8 Å². The number of amides is 1. The number of carbonyl (C=O) groups excluding carboxylic acids is 1. The molecule has 0 saturated heterocycles. The molecule has 1 aliphatic rings. The number of fused-ring (bicyclic) bond motifs is 2. The Kier molecular flexibility index (Phi) is 6.54. The summed E-state index contributed by atoms with van der Waals surface area (Å²) in [5, 5.41) is 13.8. The fourth-order valence-corrected chi connectivity index (χ4v) is 5.13. The van der Waals surface area contributed by atoms with Crippen LogP contribution in [0.4, 0.5) is 20.3 Å². The first-order valence-electron chi connectivity index (χ1n) is 12.3. The van der Waals surface area contributed by atoms with Crippen molar-refractivity contribution in [3.8, 4) is 0 Å². The van der Waals surface area contributed by atoms with Gasteiger partial charge in [-0.25, -0.2) is 8.78 Å². The molecule has 0 radical (unpaired) electrons. The fourth-order valence-electron chi connectivity index (χ4n) is 5.13. The van der Waals surface area contributed by atoms with Crippen LogP contribution >= 0.6 is 0 Å². The Bertz CT molecular complexity index is 1340. The molecule has 192 valence electrons. The molecule has 0 fully saturated rings. The molecule has 1 aliphatic heterocycles. The van der Waals surface area contributed by atoms with E-state index in [2.05, 4.69) is 15.5 Å². The number of aromatic nitrogens is 2. The summed E-state index contributed by atoms with van der Waals surface area (Å²) in [6, 6.07) is 8.60. The summed E-state index contributed by atoms with van der Waals surface area (Å²) in [4.78, 5) is 14.7. The molecule has 2 heterocycles. The van der Waals surface area contributed by atoms with Gasteiger partial charge in [-0.3, -0.25) is 4.79 Å². The van der Waals surface area contributed by atoms with Crippen molar-refractivity contribution in [2.45, 2.75) is 66.0 Å². The third-order valence-corrected chi connectivity index (χ3v) is 7.38. The average molecular weight is 497 g/mol. The van der Waals surface area contributed by atoms with E-state index in [1.54, 1.807) is 31.9 Å². The molecule has 3 aromatic rings. The highest BCUT2D eigenvalue weighted by Crippen LogP contribution is 2.45. The molecule has 0 spiro atoms. The quantitative estimate of drug-likeness (QED) is 0.410. The third-order valence-electron chi connectivity index (χ3n) is 7.38. The zero-order valence-corrected chi connectivity index (χ0v) is 22.2. The van der Waals surface area contributed by atoms with Crippen LogP contribution in [0.2, 0.25) is 0 Å². The normalized spacial score (nSPS) is 18.8. The van der Waals surface area contributed by atoms with E-state index in [-0.39, 0.29) is 17.5 Å². The highest BCUT2D eigenvalue weighted by molar-refractivity contribution is 6.10. The van der Waals surface area contributed by atoms with Gasteiger partial charge in [0.2, 0.25) is 0 Å². The SMILES string of the molecule is CCOC1(C)C(=O)N(C)c2cc3c(NC(C)c4cccc(C(F)(F)C(C)C)c4C)nnc(C)c3cc21. The molecule has 8 heteroatoms. The second kappa shape index (κ2) is 9.07. The maximum atomic E-state index is 14.9. The first-order chi connectivity index (χ1) is 16.8. The molecule has 0 aliphatic carbocycles. The van der Waals surface area contributed by atoms with E-state index in [1.165, 1.54) is 19.9 Å². The number of ether oxygens (including phenoxy) is 1. The number of anilines is 2. The van der Waals surface area contributed by atoms with Crippen molar-refractivity contribution in [1.82, 2.24) is 10.2 Å². The number of aryl methyl sites for hydroxylation is 1. The maximum absolute atomic E-state index is 14.9. The monoisotopic (exact) mass is 496 g/mol. The van der Waals surface area contributed by atoms with Gasteiger partial charge in [0.15, 0.2) is 11.4 Å². The lowest BCUT2D eigenvalue weighted by Gasteiger charge is -2.26. The van der Waals surface area contributed by atoms with E-state index in [1.807, 2.05) is 39.0 Å². The number of hydrogen-bond donors (Lipinski definition) is 1. The molecule has 0 saturated carbocycles. The molecule has 1 aromatic heterocycles. The van der Waals surface area contributed by atoms with Crippen LogP contribution in [0.3, 0.4) is 0 Å². The average Bonchev–Trinajstić information content (AvgIpc) is 3.01. The van der Waals surface area contributed by atoms with Crippen molar-refractivity contribution in [3.05, 3.63) is 58.3 Å². The van der Waals surface area contributed by atoms with E-state index in [0.29, 0.717) is 18.0 Å². The van der Waals surface area contributed by atoms with Gasteiger partial charge in [-0.05, 0) is 57.9 Å². The van der Waals surface area contributed by atoms with Crippen LogP contribution < -0.4 is 10.2 Å². The second-order valence-corrected chi connectivity index (χ2v) is 10.0. The Morgan fingerprint density at radius 3 is 2.47 bits per heavy atom. The zero-order chi connectivity index (χ0) is 26.6. The van der Waals surface area contributed by atoms with Crippen LogP contribution in [0.5, 0.6) is 0 Å². The maximum Gasteiger partial charge on any atom is 0.275 e. The Balaban J connectivity index is 1.79. The Labute approximate surface area is 211 Å². The fraction of sp³-hybridized carbons (Fsp3) is 0.464. The number of nitrogens with zero attached hydrogens (tertiary/aromatic N) is 3. The van der Waals surface area contributed by atoms with Crippen molar-refractivity contribution in [2.24, 2.45) is 5.92 Å². The van der Waals surface area contributed by atoms with Gasteiger partial charge in [-0.15, -0.1) is 5.10 Å². The van der Waals surface area contributed by atoms with Crippen molar-refractivity contribution in [2.75, 3.05) is 23.9 Å². The zero-order valence-electron chi connectivity index (χ0n) is 22.2. The Hall–Kier alpha value is -3.13. The van der Waals surface area contributed by atoms with Gasteiger partial charge in [0, 0.05) is 41.5 Å². The minimum Gasteiger partial charge on any atom is -0.362 e. The van der Waals surface area contributed by atoms with Gasteiger partial charge >= 0.3 is 0 Å². The summed E-state index contributed by atoms with van der Waals surface area (Å²) < 4.78 is 35.7. The molecule has 6 nitrogen and oxygen atoms in total. The molecule has 1 amide bonds. The molecule has 1 N–H and O–H groups in total. The molecule has 2 unspecified atom stereocenters. The van der Waals surface area contributed by atoms with Crippen molar-refractivity contribution in [1.29, 1.82) is 0 Å². The van der Waals surface area contributed by atoms with E-state index in [0.717, 1.165) is 33.3 Å². The molecule has 36 heavy (non-hydrogen) atoms. The predicted molar refractivity (Wildman–Crippen MR) is 139 cm³/mol. The largest absolute Gasteiger partial charge is 0.362 e. The number of benzene rings is 2. The molecule has 0 bridgehead atoms. The van der Waals surface area contributed by atoms with Gasteiger partial charge in [-0.2, -0.15) is 5.10 Å². The lowest BCUT2D eigenvalue weighted by molar-refractivity contribution is -0.140. The lowest BCUT2D eigenvalue weighted by Crippen LogP contribution is -2.38. The number of halogens is 2. The molecular weight excluding hydrogens is 462 g/mol. The van der Waals surface area contributed by atoms with Crippen molar-refractivity contribution in [3.63, 3.8) is 0 Å². The number of hydrogen-bond acceptors (Lipinski definition) is 5. The number of carbonyl (C=O) groups is 1. The first-order valence-corrected chi connectivity index (χ1v) is 12.3. The van der Waals surface area contributed by atoms with Crippen LogP contribution in [0.15, 0.2) is 30.3 Å². The van der Waals surface area contributed by atoms with Crippen molar-refractivity contribution >= 4 is 28.2 Å². The van der Waals surface area contributed by atoms with E-state index in [4.69, 9.17) is 4.74 Å². The Morgan fingerprint density at radius 2 is 1.83 bits per heavy atom. The summed E-state index contributed by atoms with van der Waals surface area (Å²) in [5.41, 5.74) is 2.56. The van der Waals surface area contributed by atoms with Crippen LogP contribution in [0.25, 0.3) is 10.8 Å². The number of alkyl halides is 2. The minimum atomic E-state index is -2.93. The highest BCUT2D eigenvalue weighted by Gasteiger charge is 2.47. The molecule has 2 atom stereocenters. The summed E-state index contributed by atoms with van der Waals surface area (Å²) in [6.45, 7) is 12.6. The minimum absolute atomic E-state index is 0.0386. The van der Waals surface area contributed by atoms with Gasteiger partial charge in [0.1, 0.15) is 0 Å². The first kappa shape index (κ1) is 25.9. The standard InChI is InChI=1S/C28H34F2N4O2/c1-9-36-27(7)23-13-20-18(6)32-33-25(21(20)14-24(23)34(8)26(27)35)31-17(5)19-11-10-12-22(16(19)4)28(29,30)15(2)3/h10-15,17H,9H2,1-8H3,(H,31,33). The van der Waals surface area contributed by atoms with Gasteiger partial charge in [0.05, 0.1) is 17.4 Å². The summed E-state index contributed by atoms with van der Waals surface area (Å²) in [6.07, 6.45) is 0. The van der Waals surface area contributed by atoms with Crippen LogP contribution in [0.1, 0.15) is 68.6 Å². The number of likely N-dealkylation sites (N-methyl/N-ethyl adjacent to an activating group) is 1. The van der Waals surface area contributed by atoms with Gasteiger partial charge < -0.3 is 15.0 Å². The molecule has 2 aromatic carbocycles. The smallest absolute Gasteiger partial charge is 0.275 e. The predicted octanol–water partition coefficient (Wildman–Crippen LogP) is 6.40. The summed E-state index contributed by atoms with van der Waals surface area (Å²) in [7, 11) is 1.73. The third kappa shape index (κ3) is 3.92. The lowest BCUT2D eigenvalue weighted by atomic mass is 9.89. The topological polar surface area (TPSA) is 67.3 Å². The molecular formula is C28H34F2N4O2. The van der Waals surface area contributed by atoms with Crippen LogP contribution in [-0.2, 0) is 21.1 Å². The number of nitrogens with one attached hydrogen (secondary N) is 1. The van der Waals surface area contributed by atoms with E-state index in [9.17, 15) is 13.6 Å². The Morgan fingerprint density at radius 1 is 1.14 bits per heavy atom. The second-order valence-electron chi connectivity index (χ2n) is 10.0. The van der Waals surface area contributed by atoms with E-state index < -0.39 is 17.4 Å². The number of rotatable bonds is 7. The van der Waals surface area contributed by atoms with Gasteiger partial charge in [-0.1, -0.05) is 32.0 Å². The summed E-state index contributed by atoms with van der Waals surface area (Å²) >= 11 is 0. The van der Waals surface area contributed by atoms with Crippen molar-refractivity contribution < 1.29 is 18.3 Å². The molecule has 4 rings (SSSR count). The summed E-state index contributed by atoms with van der Waals surface area (Å²) in [5.74, 6) is -3.35. The highest BCUT2D eigenvalue weighted by atomic mass is 19.3. The van der Waals surface area contributed by atoms with E-state index >= 15 is 0 Å².